The maximum absolute atomic E-state index is 12.9. The SMILES string of the molecule is CCCCc1nc(C(=O)Cc2ccccc2)nn1Cc1ccc(-c2ccccc2-c2nnn[nH]2)cc1. The summed E-state index contributed by atoms with van der Waals surface area (Å²) in [6.07, 6.45) is 3.14. The van der Waals surface area contributed by atoms with Crippen LogP contribution >= 0.6 is 0 Å². The fraction of sp³-hybridized carbons (Fsp3) is 0.214. The third-order valence-electron chi connectivity index (χ3n) is 6.08. The van der Waals surface area contributed by atoms with E-state index in [0.29, 0.717) is 18.8 Å². The summed E-state index contributed by atoms with van der Waals surface area (Å²) in [5.74, 6) is 1.70. The highest BCUT2D eigenvalue weighted by molar-refractivity contribution is 5.94. The number of hydrogen-bond donors (Lipinski definition) is 1. The lowest BCUT2D eigenvalue weighted by Crippen LogP contribution is -2.09. The molecular formula is C28H27N7O. The molecule has 180 valence electrons. The van der Waals surface area contributed by atoms with Crippen molar-refractivity contribution in [2.24, 2.45) is 0 Å². The van der Waals surface area contributed by atoms with E-state index in [1.54, 1.807) is 0 Å². The molecule has 0 bridgehead atoms. The van der Waals surface area contributed by atoms with Gasteiger partial charge in [0.2, 0.25) is 11.6 Å². The van der Waals surface area contributed by atoms with Crippen LogP contribution in [0.25, 0.3) is 22.5 Å². The van der Waals surface area contributed by atoms with Gasteiger partial charge in [0.25, 0.3) is 0 Å². The zero-order chi connectivity index (χ0) is 24.7. The monoisotopic (exact) mass is 477 g/mol. The molecule has 0 saturated carbocycles. The number of carbonyl (C=O) groups excluding carboxylic acids is 1. The van der Waals surface area contributed by atoms with Crippen LogP contribution < -0.4 is 0 Å². The van der Waals surface area contributed by atoms with E-state index in [1.165, 1.54) is 0 Å². The second-order valence-corrected chi connectivity index (χ2v) is 8.69. The Hall–Kier alpha value is -4.46. The quantitative estimate of drug-likeness (QED) is 0.286. The topological polar surface area (TPSA) is 102 Å². The molecule has 0 atom stereocenters. The molecule has 0 unspecified atom stereocenters. The first-order valence-electron chi connectivity index (χ1n) is 12.1. The lowest BCUT2D eigenvalue weighted by molar-refractivity contribution is 0.0982. The van der Waals surface area contributed by atoms with Crippen molar-refractivity contribution in [3.63, 3.8) is 0 Å². The summed E-state index contributed by atoms with van der Waals surface area (Å²) in [7, 11) is 0. The number of aryl methyl sites for hydroxylation is 1. The van der Waals surface area contributed by atoms with Crippen LogP contribution in [0.3, 0.4) is 0 Å². The zero-order valence-corrected chi connectivity index (χ0v) is 20.1. The molecule has 0 radical (unpaired) electrons. The number of rotatable bonds is 10. The largest absolute Gasteiger partial charge is 0.290 e. The molecule has 8 nitrogen and oxygen atoms in total. The number of nitrogens with zero attached hydrogens (tertiary/aromatic N) is 6. The zero-order valence-electron chi connectivity index (χ0n) is 20.1. The number of benzene rings is 3. The number of Topliss-reactive ketones (excluding diaryl/α,β-unsaturated/α-hetero) is 1. The average molecular weight is 478 g/mol. The second kappa shape index (κ2) is 10.9. The molecule has 0 fully saturated rings. The van der Waals surface area contributed by atoms with Crippen LogP contribution in [0.1, 0.15) is 47.3 Å². The van der Waals surface area contributed by atoms with E-state index in [9.17, 15) is 4.79 Å². The second-order valence-electron chi connectivity index (χ2n) is 8.69. The standard InChI is InChI=1S/C28H27N7O/c1-2-3-13-26-29-28(25(36)18-20-9-5-4-6-10-20)32-35(26)19-21-14-16-22(17-15-21)23-11-7-8-12-24(23)27-30-33-34-31-27/h4-12,14-17H,2-3,13,18-19H2,1H3,(H,30,31,33,34). The molecule has 36 heavy (non-hydrogen) atoms. The molecule has 3 aromatic carbocycles. The summed E-state index contributed by atoms with van der Waals surface area (Å²) in [4.78, 5) is 17.5. The van der Waals surface area contributed by atoms with Crippen LogP contribution in [0, 0.1) is 0 Å². The van der Waals surface area contributed by atoms with Crippen LogP contribution in [0.4, 0.5) is 0 Å². The van der Waals surface area contributed by atoms with Crippen molar-refractivity contribution >= 4 is 5.78 Å². The molecule has 0 saturated heterocycles. The highest BCUT2D eigenvalue weighted by Gasteiger charge is 2.17. The van der Waals surface area contributed by atoms with Crippen molar-refractivity contribution in [1.82, 2.24) is 35.4 Å². The van der Waals surface area contributed by atoms with Gasteiger partial charge in [-0.1, -0.05) is 92.2 Å². The Bertz CT molecular complexity index is 1420. The van der Waals surface area contributed by atoms with Gasteiger partial charge in [0.15, 0.2) is 5.82 Å². The lowest BCUT2D eigenvalue weighted by Gasteiger charge is -2.09. The Morgan fingerprint density at radius 1 is 0.889 bits per heavy atom. The van der Waals surface area contributed by atoms with Gasteiger partial charge in [0.05, 0.1) is 6.54 Å². The Balaban J connectivity index is 1.37. The Kier molecular flexibility index (Phi) is 7.02. The number of nitrogens with one attached hydrogen (secondary N) is 1. The number of H-pyrrole nitrogens is 1. The first kappa shape index (κ1) is 23.3. The number of unbranched alkanes of at least 4 members (excludes halogenated alkanes) is 1. The Labute approximate surface area is 209 Å². The van der Waals surface area contributed by atoms with Crippen molar-refractivity contribution in [3.8, 4) is 22.5 Å². The first-order chi connectivity index (χ1) is 17.7. The van der Waals surface area contributed by atoms with Gasteiger partial charge in [-0.05, 0) is 39.1 Å². The molecule has 2 aromatic heterocycles. The van der Waals surface area contributed by atoms with Crippen molar-refractivity contribution in [2.75, 3.05) is 0 Å². The highest BCUT2D eigenvalue weighted by atomic mass is 16.1. The smallest absolute Gasteiger partial charge is 0.217 e. The van der Waals surface area contributed by atoms with Crippen LogP contribution in [0.2, 0.25) is 0 Å². The van der Waals surface area contributed by atoms with Gasteiger partial charge in [-0.3, -0.25) is 4.79 Å². The predicted molar refractivity (Wildman–Crippen MR) is 137 cm³/mol. The molecule has 8 heteroatoms. The first-order valence-corrected chi connectivity index (χ1v) is 12.1. The maximum Gasteiger partial charge on any atom is 0.217 e. The van der Waals surface area contributed by atoms with E-state index in [0.717, 1.165) is 52.9 Å². The van der Waals surface area contributed by atoms with Gasteiger partial charge in [0, 0.05) is 18.4 Å². The van der Waals surface area contributed by atoms with E-state index < -0.39 is 0 Å². The summed E-state index contributed by atoms with van der Waals surface area (Å²) in [6, 6.07) is 26.1. The van der Waals surface area contributed by atoms with Crippen LogP contribution in [-0.4, -0.2) is 41.2 Å². The summed E-state index contributed by atoms with van der Waals surface area (Å²) in [6.45, 7) is 2.70. The van der Waals surface area contributed by atoms with Gasteiger partial charge in [-0.25, -0.2) is 14.8 Å². The Morgan fingerprint density at radius 3 is 2.36 bits per heavy atom. The number of carbonyl (C=O) groups is 1. The fourth-order valence-corrected chi connectivity index (χ4v) is 4.18. The number of ketones is 1. The number of hydrogen-bond acceptors (Lipinski definition) is 6. The molecule has 2 heterocycles. The molecule has 1 N–H and O–H groups in total. The summed E-state index contributed by atoms with van der Waals surface area (Å²) in [5.41, 5.74) is 5.10. The molecule has 0 aliphatic rings. The summed E-state index contributed by atoms with van der Waals surface area (Å²) < 4.78 is 1.87. The van der Waals surface area contributed by atoms with Crippen molar-refractivity contribution in [1.29, 1.82) is 0 Å². The number of aromatic nitrogens is 7. The predicted octanol–water partition coefficient (Wildman–Crippen LogP) is 4.94. The van der Waals surface area contributed by atoms with Crippen molar-refractivity contribution in [3.05, 3.63) is 102 Å². The van der Waals surface area contributed by atoms with E-state index in [2.05, 4.69) is 68.0 Å². The molecule has 5 rings (SSSR count). The van der Waals surface area contributed by atoms with Gasteiger partial charge in [-0.15, -0.1) is 10.2 Å². The van der Waals surface area contributed by atoms with Crippen molar-refractivity contribution in [2.45, 2.75) is 39.2 Å². The number of aromatic amines is 1. The highest BCUT2D eigenvalue weighted by Crippen LogP contribution is 2.29. The van der Waals surface area contributed by atoms with Crippen LogP contribution in [0.15, 0.2) is 78.9 Å². The van der Waals surface area contributed by atoms with Gasteiger partial charge in [0.1, 0.15) is 5.82 Å². The average Bonchev–Trinajstić information content (AvgIpc) is 3.59. The molecular weight excluding hydrogens is 450 g/mol. The van der Waals surface area contributed by atoms with Gasteiger partial charge >= 0.3 is 0 Å². The molecule has 0 spiro atoms. The third-order valence-corrected chi connectivity index (χ3v) is 6.08. The van der Waals surface area contributed by atoms with E-state index in [4.69, 9.17) is 0 Å². The molecule has 0 aliphatic heterocycles. The molecule has 0 aliphatic carbocycles. The van der Waals surface area contributed by atoms with Crippen molar-refractivity contribution < 1.29 is 4.79 Å². The maximum atomic E-state index is 12.9. The van der Waals surface area contributed by atoms with Crippen LogP contribution in [-0.2, 0) is 19.4 Å². The van der Waals surface area contributed by atoms with E-state index in [1.807, 2.05) is 53.2 Å². The molecule has 5 aromatic rings. The van der Waals surface area contributed by atoms with Gasteiger partial charge < -0.3 is 0 Å². The van der Waals surface area contributed by atoms with Gasteiger partial charge in [-0.2, -0.15) is 0 Å². The Morgan fingerprint density at radius 2 is 1.64 bits per heavy atom. The minimum atomic E-state index is -0.0634. The fourth-order valence-electron chi connectivity index (χ4n) is 4.18. The normalized spacial score (nSPS) is 11.0. The third kappa shape index (κ3) is 5.27. The van der Waals surface area contributed by atoms with E-state index in [-0.39, 0.29) is 11.6 Å². The minimum absolute atomic E-state index is 0.0634. The molecule has 0 amide bonds. The van der Waals surface area contributed by atoms with Crippen LogP contribution in [0.5, 0.6) is 0 Å². The number of tetrazole rings is 1. The lowest BCUT2D eigenvalue weighted by atomic mass is 9.98. The summed E-state index contributed by atoms with van der Waals surface area (Å²) >= 11 is 0. The summed E-state index contributed by atoms with van der Waals surface area (Å²) in [5, 5.41) is 18.9. The minimum Gasteiger partial charge on any atom is -0.290 e. The van der Waals surface area contributed by atoms with E-state index >= 15 is 0 Å².